The molecular weight excluding hydrogens is 252 g/mol. The van der Waals surface area contributed by atoms with Crippen molar-refractivity contribution >= 4 is 108 Å². The predicted molar refractivity (Wildman–Crippen MR) is 40.3 cm³/mol. The summed E-state index contributed by atoms with van der Waals surface area (Å²) in [5.41, 5.74) is 0. The van der Waals surface area contributed by atoms with E-state index in [0.29, 0.717) is 0 Å². The fraction of sp³-hybridized carbons (Fsp3) is 0. The van der Waals surface area contributed by atoms with Crippen LogP contribution in [0.2, 0.25) is 0 Å². The summed E-state index contributed by atoms with van der Waals surface area (Å²) in [6.07, 6.45) is 0. The van der Waals surface area contributed by atoms with E-state index in [1.807, 2.05) is 0 Å². The molecule has 0 spiro atoms. The van der Waals surface area contributed by atoms with Crippen LogP contribution in [0.25, 0.3) is 0 Å². The van der Waals surface area contributed by atoms with Gasteiger partial charge in [-0.1, -0.05) is 0 Å². The standard InChI is InChI=1S/2Ca.Fe.Mg.H4O4Si.6H/c;;;;1-5(2,3)4;;;;;;/h;;;;1-4H;;;;;;. The Morgan fingerprint density at radius 1 is 0.778 bits per heavy atom. The molecule has 9 heteroatoms. The molecule has 0 aromatic carbocycles. The molecule has 4 nitrogen and oxygen atoms in total. The molecule has 0 bridgehead atoms. The van der Waals surface area contributed by atoms with Crippen LogP contribution in [0, 0.1) is 0 Å². The van der Waals surface area contributed by atoms with Crippen molar-refractivity contribution in [1.82, 2.24) is 0 Å². The number of rotatable bonds is 0. The number of hydrogen-bond acceptors (Lipinski definition) is 4. The molecule has 9 heavy (non-hydrogen) atoms. The smallest absolute Gasteiger partial charge is 0 e. The molecule has 0 saturated heterocycles. The summed E-state index contributed by atoms with van der Waals surface area (Å²) in [7, 11) is -4.61. The summed E-state index contributed by atoms with van der Waals surface area (Å²) in [4.78, 5) is 29.3. The van der Waals surface area contributed by atoms with Crippen LogP contribution < -0.4 is 0 Å². The predicted octanol–water partition coefficient (Wildman–Crippen LogP) is -5.36. The summed E-state index contributed by atoms with van der Waals surface area (Å²) in [5, 5.41) is 0. The van der Waals surface area contributed by atoms with Gasteiger partial charge in [-0.15, -0.1) is 0 Å². The summed E-state index contributed by atoms with van der Waals surface area (Å²) < 4.78 is 0. The second kappa shape index (κ2) is 14.4. The molecule has 0 fully saturated rings. The molecule has 0 heterocycles. The Kier molecular flexibility index (Phi) is 46.8. The first-order chi connectivity index (χ1) is 2.00. The van der Waals surface area contributed by atoms with Crippen LogP contribution in [0.15, 0.2) is 0 Å². The Balaban J connectivity index is -0.0000000133. The van der Waals surface area contributed by atoms with Crippen LogP contribution in [0.5, 0.6) is 0 Å². The maximum atomic E-state index is 7.33. The quantitative estimate of drug-likeness (QED) is 0.329. The van der Waals surface area contributed by atoms with Gasteiger partial charge in [-0.3, -0.25) is 0 Å². The van der Waals surface area contributed by atoms with Crippen LogP contribution in [-0.4, -0.2) is 127 Å². The third kappa shape index (κ3) is 77.3. The van der Waals surface area contributed by atoms with Gasteiger partial charge in [0.15, 0.2) is 0 Å². The van der Waals surface area contributed by atoms with Crippen molar-refractivity contribution in [1.29, 1.82) is 0 Å². The molecule has 0 aromatic rings. The maximum Gasteiger partial charge on any atom is 0.316 e. The molecule has 4 N–H and O–H groups in total. The van der Waals surface area contributed by atoms with E-state index in [2.05, 4.69) is 0 Å². The Labute approximate surface area is 141 Å². The molecule has 0 aromatic heterocycles. The van der Waals surface area contributed by atoms with Gasteiger partial charge in [0.1, 0.15) is 0 Å². The van der Waals surface area contributed by atoms with Crippen molar-refractivity contribution in [3.8, 4) is 0 Å². The summed E-state index contributed by atoms with van der Waals surface area (Å²) in [6.45, 7) is 0. The van der Waals surface area contributed by atoms with E-state index in [0.717, 1.165) is 0 Å². The van der Waals surface area contributed by atoms with E-state index in [1.54, 1.807) is 0 Å². The zero-order valence-corrected chi connectivity index (χ0v) is 4.75. The van der Waals surface area contributed by atoms with Gasteiger partial charge in [0.2, 0.25) is 0 Å². The topological polar surface area (TPSA) is 80.9 Å². The van der Waals surface area contributed by atoms with Crippen LogP contribution in [0.3, 0.4) is 0 Å². The zero-order valence-electron chi connectivity index (χ0n) is 2.64. The van der Waals surface area contributed by atoms with Crippen molar-refractivity contribution in [3.63, 3.8) is 0 Å². The van der Waals surface area contributed by atoms with Gasteiger partial charge in [-0.05, 0) is 0 Å². The van der Waals surface area contributed by atoms with Gasteiger partial charge in [0, 0.05) is 17.1 Å². The van der Waals surface area contributed by atoms with Crippen LogP contribution in [0.4, 0.5) is 0 Å². The van der Waals surface area contributed by atoms with Gasteiger partial charge in [-0.25, -0.2) is 0 Å². The average molecular weight is 262 g/mol. The molecular formula is H10Ca2FeMgO4Si. The molecule has 0 aliphatic heterocycles. The molecule has 0 radical (unpaired) electrons. The first-order valence-corrected chi connectivity index (χ1v) is 2.68. The van der Waals surface area contributed by atoms with Gasteiger partial charge in [0.05, 0.1) is 0 Å². The molecule has 52 valence electrons. The summed E-state index contributed by atoms with van der Waals surface area (Å²) in [5.74, 6) is 0. The van der Waals surface area contributed by atoms with E-state index in [9.17, 15) is 0 Å². The largest absolute Gasteiger partial charge is 0.316 e. The van der Waals surface area contributed by atoms with Crippen molar-refractivity contribution in [3.05, 3.63) is 0 Å². The average Bonchev–Trinajstić information content (AvgIpc) is 0.722. The monoisotopic (exact) mass is 262 g/mol. The molecule has 0 unspecified atom stereocenters. The second-order valence-electron chi connectivity index (χ2n) is 0.600. The molecule has 0 aliphatic carbocycles. The van der Waals surface area contributed by atoms with Crippen LogP contribution >= 0.6 is 0 Å². The Morgan fingerprint density at radius 2 is 0.778 bits per heavy atom. The Bertz CT molecular complexity index is 34.0. The second-order valence-corrected chi connectivity index (χ2v) is 1.80. The third-order valence-electron chi connectivity index (χ3n) is 0. The van der Waals surface area contributed by atoms with Crippen molar-refractivity contribution in [2.75, 3.05) is 0 Å². The third-order valence-corrected chi connectivity index (χ3v) is 0. The van der Waals surface area contributed by atoms with Crippen LogP contribution in [-0.2, 0) is 17.1 Å². The van der Waals surface area contributed by atoms with Gasteiger partial charge in [-0.2, -0.15) is 0 Å². The van der Waals surface area contributed by atoms with E-state index in [4.69, 9.17) is 19.2 Å². The van der Waals surface area contributed by atoms with E-state index in [-0.39, 0.29) is 116 Å². The first-order valence-electron chi connectivity index (χ1n) is 0.894. The Morgan fingerprint density at radius 3 is 0.778 bits per heavy atom. The SMILES string of the molecule is O[Si](O)(O)O.[CaH2].[CaH2].[Fe].[MgH2]. The van der Waals surface area contributed by atoms with Crippen molar-refractivity contribution < 1.29 is 36.3 Å². The molecule has 0 atom stereocenters. The molecule has 0 rings (SSSR count). The Hall–Kier alpha value is 3.86. The van der Waals surface area contributed by atoms with E-state index in [1.165, 1.54) is 0 Å². The van der Waals surface area contributed by atoms with Gasteiger partial charge < -0.3 is 19.2 Å². The van der Waals surface area contributed by atoms with Gasteiger partial charge in [0.25, 0.3) is 0 Å². The minimum atomic E-state index is -4.61. The fourth-order valence-corrected chi connectivity index (χ4v) is 0. The molecule has 0 saturated carbocycles. The fourth-order valence-electron chi connectivity index (χ4n) is 0. The minimum Gasteiger partial charge on any atom is 0 e. The van der Waals surface area contributed by atoms with E-state index >= 15 is 0 Å². The molecule has 0 amide bonds. The zero-order chi connectivity index (χ0) is 4.50. The van der Waals surface area contributed by atoms with Crippen LogP contribution in [0.1, 0.15) is 0 Å². The maximum absolute atomic E-state index is 7.33. The van der Waals surface area contributed by atoms with E-state index < -0.39 is 9.05 Å². The first kappa shape index (κ1) is 29.3. The number of hydrogen-bond donors (Lipinski definition) is 4. The van der Waals surface area contributed by atoms with Crippen molar-refractivity contribution in [2.45, 2.75) is 0 Å². The van der Waals surface area contributed by atoms with Crippen molar-refractivity contribution in [2.24, 2.45) is 0 Å². The normalized spacial score (nSPS) is 6.67. The summed E-state index contributed by atoms with van der Waals surface area (Å²) in [6, 6.07) is 0. The minimum absolute atomic E-state index is 0. The summed E-state index contributed by atoms with van der Waals surface area (Å²) >= 11 is 0. The van der Waals surface area contributed by atoms with Gasteiger partial charge >= 0.3 is 108 Å². The molecule has 0 aliphatic rings.